The van der Waals surface area contributed by atoms with E-state index in [2.05, 4.69) is 6.58 Å². The Bertz CT molecular complexity index is 996. The second-order valence-corrected chi connectivity index (χ2v) is 6.62. The minimum Gasteiger partial charge on any atom is -0.486 e. The van der Waals surface area contributed by atoms with Crippen LogP contribution in [-0.2, 0) is 6.54 Å². The Labute approximate surface area is 163 Å². The van der Waals surface area contributed by atoms with Gasteiger partial charge in [-0.15, -0.1) is 6.58 Å². The number of carbonyl (C=O) groups excluding carboxylic acids is 1. The highest BCUT2D eigenvalue weighted by atomic mass is 35.5. The summed E-state index contributed by atoms with van der Waals surface area (Å²) in [5, 5.41) is 9.93. The van der Waals surface area contributed by atoms with Crippen molar-refractivity contribution in [1.82, 2.24) is 4.57 Å². The van der Waals surface area contributed by atoms with E-state index in [0.717, 1.165) is 11.4 Å². The molecule has 2 aromatic rings. The van der Waals surface area contributed by atoms with E-state index in [1.807, 2.05) is 24.5 Å². The van der Waals surface area contributed by atoms with Crippen LogP contribution in [0.1, 0.15) is 27.3 Å². The van der Waals surface area contributed by atoms with Crippen LogP contribution in [0, 0.1) is 25.2 Å². The summed E-state index contributed by atoms with van der Waals surface area (Å²) < 4.78 is 13.0. The molecular formula is C21H19ClN2O3. The maximum atomic E-state index is 12.9. The lowest BCUT2D eigenvalue weighted by molar-refractivity contribution is 0.103. The molecule has 0 saturated carbocycles. The summed E-state index contributed by atoms with van der Waals surface area (Å²) in [6, 6.07) is 7.17. The molecule has 0 N–H and O–H groups in total. The number of allylic oxidation sites excluding steroid dienone is 2. The fraction of sp³-hybridized carbons (Fsp3) is 0.238. The fourth-order valence-electron chi connectivity index (χ4n) is 3.12. The first-order valence-electron chi connectivity index (χ1n) is 8.49. The number of aryl methyl sites for hydroxylation is 1. The molecule has 0 unspecified atom stereocenters. The fourth-order valence-corrected chi connectivity index (χ4v) is 3.39. The van der Waals surface area contributed by atoms with Crippen LogP contribution in [-0.4, -0.2) is 23.6 Å². The summed E-state index contributed by atoms with van der Waals surface area (Å²) in [6.07, 6.45) is 3.29. The summed E-state index contributed by atoms with van der Waals surface area (Å²) in [7, 11) is 0. The van der Waals surface area contributed by atoms with Crippen LogP contribution in [0.5, 0.6) is 11.5 Å². The third-order valence-electron chi connectivity index (χ3n) is 4.43. The molecule has 6 heteroatoms. The van der Waals surface area contributed by atoms with E-state index >= 15 is 0 Å². The van der Waals surface area contributed by atoms with Gasteiger partial charge in [0.05, 0.1) is 5.02 Å². The Kier molecular flexibility index (Phi) is 5.38. The highest BCUT2D eigenvalue weighted by molar-refractivity contribution is 6.32. The molecule has 5 nitrogen and oxygen atoms in total. The van der Waals surface area contributed by atoms with Gasteiger partial charge in [-0.3, -0.25) is 4.79 Å². The Morgan fingerprint density at radius 2 is 2.07 bits per heavy atom. The Hall–Kier alpha value is -2.97. The number of hydrogen-bond donors (Lipinski definition) is 0. The molecule has 0 fully saturated rings. The zero-order valence-electron chi connectivity index (χ0n) is 15.2. The number of hydrogen-bond acceptors (Lipinski definition) is 4. The maximum Gasteiger partial charge on any atom is 0.205 e. The third kappa shape index (κ3) is 3.62. The molecule has 27 heavy (non-hydrogen) atoms. The number of halogens is 1. The summed E-state index contributed by atoms with van der Waals surface area (Å²) >= 11 is 6.24. The average Bonchev–Trinajstić information content (AvgIpc) is 2.94. The molecule has 0 spiro atoms. The summed E-state index contributed by atoms with van der Waals surface area (Å²) in [6.45, 7) is 8.99. The second-order valence-electron chi connectivity index (χ2n) is 6.21. The van der Waals surface area contributed by atoms with E-state index in [4.69, 9.17) is 21.1 Å². The van der Waals surface area contributed by atoms with Gasteiger partial charge in [-0.1, -0.05) is 17.7 Å². The molecule has 1 aromatic heterocycles. The number of ketones is 1. The first-order valence-corrected chi connectivity index (χ1v) is 8.87. The molecule has 0 amide bonds. The van der Waals surface area contributed by atoms with E-state index in [0.29, 0.717) is 47.4 Å². The molecule has 3 rings (SSSR count). The average molecular weight is 383 g/mol. The Morgan fingerprint density at radius 3 is 2.78 bits per heavy atom. The number of nitrogens with zero attached hydrogens (tertiary/aromatic N) is 2. The standard InChI is InChI=1S/C21H19ClN2O3/c1-4-5-24-13(2)8-17(14(24)3)20(25)16(12-23)9-15-10-18(22)21-19(11-15)26-6-7-27-21/h4,8-11H,1,5-7H2,2-3H3/b16-9+. The minimum atomic E-state index is -0.327. The number of Topliss-reactive ketones (excluding diaryl/α,β-unsaturated/α-hetero) is 1. The van der Waals surface area contributed by atoms with Gasteiger partial charge in [-0.05, 0) is 43.7 Å². The maximum absolute atomic E-state index is 12.9. The summed E-state index contributed by atoms with van der Waals surface area (Å²) in [4.78, 5) is 12.9. The zero-order valence-corrected chi connectivity index (χ0v) is 16.0. The second kappa shape index (κ2) is 7.73. The number of rotatable bonds is 5. The smallest absolute Gasteiger partial charge is 0.205 e. The van der Waals surface area contributed by atoms with Crippen molar-refractivity contribution in [2.75, 3.05) is 13.2 Å². The quantitative estimate of drug-likeness (QED) is 0.330. The number of carbonyl (C=O) groups is 1. The number of nitriles is 1. The van der Waals surface area contributed by atoms with E-state index in [9.17, 15) is 10.1 Å². The van der Waals surface area contributed by atoms with E-state index < -0.39 is 0 Å². The van der Waals surface area contributed by atoms with Crippen LogP contribution in [0.2, 0.25) is 5.02 Å². The summed E-state index contributed by atoms with van der Waals surface area (Å²) in [5.74, 6) is 0.665. The summed E-state index contributed by atoms with van der Waals surface area (Å²) in [5.41, 5.74) is 2.88. The topological polar surface area (TPSA) is 64.2 Å². The molecule has 0 aliphatic carbocycles. The van der Waals surface area contributed by atoms with Gasteiger partial charge in [0.1, 0.15) is 24.9 Å². The number of benzene rings is 1. The van der Waals surface area contributed by atoms with Crippen molar-refractivity contribution in [3.05, 3.63) is 64.0 Å². The predicted molar refractivity (Wildman–Crippen MR) is 104 cm³/mol. The van der Waals surface area contributed by atoms with Crippen molar-refractivity contribution in [3.8, 4) is 17.6 Å². The molecule has 2 heterocycles. The molecular weight excluding hydrogens is 364 g/mol. The lowest BCUT2D eigenvalue weighted by Gasteiger charge is -2.19. The highest BCUT2D eigenvalue weighted by Crippen LogP contribution is 2.39. The monoisotopic (exact) mass is 382 g/mol. The molecule has 138 valence electrons. The van der Waals surface area contributed by atoms with Crippen LogP contribution in [0.15, 0.2) is 36.4 Å². The van der Waals surface area contributed by atoms with Gasteiger partial charge in [0.15, 0.2) is 11.5 Å². The third-order valence-corrected chi connectivity index (χ3v) is 4.71. The minimum absolute atomic E-state index is 0.0293. The van der Waals surface area contributed by atoms with Crippen LogP contribution in [0.4, 0.5) is 0 Å². The lowest BCUT2D eigenvalue weighted by Crippen LogP contribution is -2.15. The number of ether oxygens (including phenoxy) is 2. The van der Waals surface area contributed by atoms with Crippen LogP contribution in [0.25, 0.3) is 6.08 Å². The Balaban J connectivity index is 1.99. The van der Waals surface area contributed by atoms with E-state index in [-0.39, 0.29) is 11.4 Å². The van der Waals surface area contributed by atoms with Crippen molar-refractivity contribution in [2.45, 2.75) is 20.4 Å². The van der Waals surface area contributed by atoms with Gasteiger partial charge in [0, 0.05) is 23.5 Å². The van der Waals surface area contributed by atoms with Crippen molar-refractivity contribution in [1.29, 1.82) is 5.26 Å². The van der Waals surface area contributed by atoms with Crippen LogP contribution >= 0.6 is 11.6 Å². The molecule has 0 bridgehead atoms. The molecule has 0 radical (unpaired) electrons. The van der Waals surface area contributed by atoms with Crippen LogP contribution in [0.3, 0.4) is 0 Å². The van der Waals surface area contributed by atoms with E-state index in [1.54, 1.807) is 24.3 Å². The van der Waals surface area contributed by atoms with Gasteiger partial charge >= 0.3 is 0 Å². The molecule has 0 atom stereocenters. The van der Waals surface area contributed by atoms with Gasteiger partial charge in [-0.2, -0.15) is 5.26 Å². The van der Waals surface area contributed by atoms with Crippen molar-refractivity contribution in [2.24, 2.45) is 0 Å². The predicted octanol–water partition coefficient (Wildman–Crippen LogP) is 4.51. The van der Waals surface area contributed by atoms with Crippen LogP contribution < -0.4 is 9.47 Å². The van der Waals surface area contributed by atoms with Gasteiger partial charge < -0.3 is 14.0 Å². The van der Waals surface area contributed by atoms with Crippen molar-refractivity contribution in [3.63, 3.8) is 0 Å². The molecule has 1 aromatic carbocycles. The van der Waals surface area contributed by atoms with E-state index in [1.165, 1.54) is 6.08 Å². The molecule has 1 aliphatic rings. The largest absolute Gasteiger partial charge is 0.486 e. The molecule has 1 aliphatic heterocycles. The van der Waals surface area contributed by atoms with Gasteiger partial charge in [0.25, 0.3) is 0 Å². The lowest BCUT2D eigenvalue weighted by atomic mass is 10.0. The SMILES string of the molecule is C=CCn1c(C)cc(C(=O)/C(C#N)=C/c2cc(Cl)c3c(c2)OCCO3)c1C. The highest BCUT2D eigenvalue weighted by Gasteiger charge is 2.20. The molecule has 0 saturated heterocycles. The van der Waals surface area contributed by atoms with Crippen molar-refractivity contribution < 1.29 is 14.3 Å². The van der Waals surface area contributed by atoms with Crippen molar-refractivity contribution >= 4 is 23.5 Å². The zero-order chi connectivity index (χ0) is 19.6. The number of aromatic nitrogens is 1. The first-order chi connectivity index (χ1) is 13.0. The Morgan fingerprint density at radius 1 is 1.33 bits per heavy atom. The number of fused-ring (bicyclic) bond motifs is 1. The van der Waals surface area contributed by atoms with Gasteiger partial charge in [-0.25, -0.2) is 0 Å². The first kappa shape index (κ1) is 18.8. The van der Waals surface area contributed by atoms with Gasteiger partial charge in [0.2, 0.25) is 5.78 Å². The normalized spacial score (nSPS) is 13.2.